The molecule has 1 aliphatic carbocycles. The minimum atomic E-state index is -0.786. The Morgan fingerprint density at radius 1 is 0.765 bits per heavy atom. The van der Waals surface area contributed by atoms with Crippen LogP contribution in [0.15, 0.2) is 30.5 Å². The van der Waals surface area contributed by atoms with Crippen LogP contribution in [0.1, 0.15) is 106 Å². The number of hydrogen-bond acceptors (Lipinski definition) is 4. The van der Waals surface area contributed by atoms with Crippen molar-refractivity contribution in [1.82, 2.24) is 9.47 Å². The number of benzene rings is 1. The summed E-state index contributed by atoms with van der Waals surface area (Å²) in [6, 6.07) is 10.4. The fourth-order valence-electron chi connectivity index (χ4n) is 7.19. The van der Waals surface area contributed by atoms with Crippen LogP contribution in [0.2, 0.25) is 0 Å². The molecule has 3 fully saturated rings. The SMILES string of the molecule is COC(=O)C(=O)c1cn(C2CC3CCCC(C2)N3C2CCCCCCCCC2)c2ccccc12. The van der Waals surface area contributed by atoms with Crippen molar-refractivity contribution in [3.8, 4) is 0 Å². The molecule has 3 aliphatic rings. The Labute approximate surface area is 203 Å². The van der Waals surface area contributed by atoms with E-state index >= 15 is 0 Å². The third-order valence-corrected chi connectivity index (χ3v) is 8.75. The van der Waals surface area contributed by atoms with E-state index < -0.39 is 11.8 Å². The molecule has 184 valence electrons. The summed E-state index contributed by atoms with van der Waals surface area (Å²) >= 11 is 0. The van der Waals surface area contributed by atoms with Crippen molar-refractivity contribution in [2.45, 2.75) is 114 Å². The number of rotatable bonds is 4. The van der Waals surface area contributed by atoms with Gasteiger partial charge in [0, 0.05) is 41.3 Å². The number of carbonyl (C=O) groups is 2. The average Bonchev–Trinajstić information content (AvgIpc) is 3.25. The number of carbonyl (C=O) groups excluding carboxylic acids is 2. The summed E-state index contributed by atoms with van der Waals surface area (Å²) in [5.74, 6) is -1.33. The maximum absolute atomic E-state index is 12.8. The van der Waals surface area contributed by atoms with E-state index in [4.69, 9.17) is 4.74 Å². The molecule has 2 saturated heterocycles. The van der Waals surface area contributed by atoms with Crippen LogP contribution in [-0.2, 0) is 9.53 Å². The van der Waals surface area contributed by atoms with Gasteiger partial charge in [-0.1, -0.05) is 69.6 Å². The van der Waals surface area contributed by atoms with Crippen LogP contribution >= 0.6 is 0 Å². The van der Waals surface area contributed by atoms with Gasteiger partial charge in [-0.15, -0.1) is 0 Å². The lowest BCUT2D eigenvalue weighted by Gasteiger charge is -2.53. The van der Waals surface area contributed by atoms with Crippen LogP contribution in [0.3, 0.4) is 0 Å². The van der Waals surface area contributed by atoms with E-state index in [1.807, 2.05) is 24.4 Å². The van der Waals surface area contributed by atoms with E-state index in [9.17, 15) is 9.59 Å². The molecule has 0 spiro atoms. The highest BCUT2D eigenvalue weighted by atomic mass is 16.5. The zero-order valence-electron chi connectivity index (χ0n) is 20.7. The number of esters is 1. The Bertz CT molecular complexity index is 988. The first kappa shape index (κ1) is 23.6. The molecule has 0 amide bonds. The Kier molecular flexibility index (Phi) is 7.38. The molecule has 3 heterocycles. The molecule has 5 nitrogen and oxygen atoms in total. The first-order valence-corrected chi connectivity index (χ1v) is 13.7. The Balaban J connectivity index is 1.40. The molecule has 2 unspecified atom stereocenters. The highest BCUT2D eigenvalue weighted by Gasteiger charge is 2.42. The molecule has 2 atom stereocenters. The molecule has 0 radical (unpaired) electrons. The molecule has 34 heavy (non-hydrogen) atoms. The molecule has 2 bridgehead atoms. The van der Waals surface area contributed by atoms with Crippen LogP contribution in [0.25, 0.3) is 10.9 Å². The summed E-state index contributed by atoms with van der Waals surface area (Å²) in [5.41, 5.74) is 1.53. The van der Waals surface area contributed by atoms with Gasteiger partial charge in [0.25, 0.3) is 5.78 Å². The summed E-state index contributed by atoms with van der Waals surface area (Å²) < 4.78 is 7.05. The molecule has 1 aromatic carbocycles. The molecule has 1 aromatic heterocycles. The first-order valence-electron chi connectivity index (χ1n) is 13.7. The van der Waals surface area contributed by atoms with Crippen LogP contribution in [0.5, 0.6) is 0 Å². The largest absolute Gasteiger partial charge is 0.463 e. The fourth-order valence-corrected chi connectivity index (χ4v) is 7.19. The third-order valence-electron chi connectivity index (χ3n) is 8.75. The van der Waals surface area contributed by atoms with Gasteiger partial charge in [-0.25, -0.2) is 4.79 Å². The minimum absolute atomic E-state index is 0.371. The van der Waals surface area contributed by atoms with Crippen molar-refractivity contribution < 1.29 is 14.3 Å². The lowest BCUT2D eigenvalue weighted by Crippen LogP contribution is -2.56. The molecule has 2 aliphatic heterocycles. The van der Waals surface area contributed by atoms with Gasteiger partial charge in [-0.3, -0.25) is 9.69 Å². The van der Waals surface area contributed by atoms with Crippen LogP contribution < -0.4 is 0 Å². The van der Waals surface area contributed by atoms with E-state index in [0.29, 0.717) is 23.7 Å². The van der Waals surface area contributed by atoms with Gasteiger partial charge in [0.15, 0.2) is 0 Å². The standard InChI is InChI=1S/C29H40N2O3/c1-34-29(33)28(32)26-20-30(27-17-10-9-16-25(26)27)24-18-22-14-11-15-23(19-24)31(22)21-12-7-5-3-2-4-6-8-13-21/h9-10,16-17,20-24H,2-8,11-15,18-19H2,1H3. The Morgan fingerprint density at radius 2 is 1.35 bits per heavy atom. The molecule has 2 aromatic rings. The molecule has 0 N–H and O–H groups in total. The normalized spacial score (nSPS) is 27.4. The topological polar surface area (TPSA) is 51.5 Å². The molecular formula is C29H40N2O3. The zero-order chi connectivity index (χ0) is 23.5. The van der Waals surface area contributed by atoms with Crippen LogP contribution in [0.4, 0.5) is 0 Å². The highest BCUT2D eigenvalue weighted by Crippen LogP contribution is 2.43. The number of para-hydroxylation sites is 1. The second kappa shape index (κ2) is 10.6. The summed E-state index contributed by atoms with van der Waals surface area (Å²) in [4.78, 5) is 27.7. The monoisotopic (exact) mass is 464 g/mol. The number of methoxy groups -OCH3 is 1. The molecule has 5 rings (SSSR count). The third kappa shape index (κ3) is 4.68. The predicted molar refractivity (Wildman–Crippen MR) is 135 cm³/mol. The Hall–Kier alpha value is -2.14. The maximum Gasteiger partial charge on any atom is 0.379 e. The number of Topliss-reactive ketones (excluding diaryl/α,β-unsaturated/α-hetero) is 1. The number of ether oxygens (including phenoxy) is 1. The van der Waals surface area contributed by atoms with Crippen molar-refractivity contribution in [2.24, 2.45) is 0 Å². The number of hydrogen-bond donors (Lipinski definition) is 0. The summed E-state index contributed by atoms with van der Waals surface area (Å²) in [7, 11) is 1.27. The average molecular weight is 465 g/mol. The number of piperidine rings is 2. The number of ketones is 1. The van der Waals surface area contributed by atoms with Gasteiger partial charge >= 0.3 is 5.97 Å². The summed E-state index contributed by atoms with van der Waals surface area (Å²) in [5, 5.41) is 0.859. The van der Waals surface area contributed by atoms with Crippen molar-refractivity contribution in [2.75, 3.05) is 7.11 Å². The van der Waals surface area contributed by atoms with E-state index in [1.54, 1.807) is 0 Å². The second-order valence-electron chi connectivity index (χ2n) is 10.8. The summed E-state index contributed by atoms with van der Waals surface area (Å²) in [6.07, 6.45) is 20.6. The lowest BCUT2D eigenvalue weighted by molar-refractivity contribution is -0.135. The van der Waals surface area contributed by atoms with Crippen molar-refractivity contribution in [3.63, 3.8) is 0 Å². The Morgan fingerprint density at radius 3 is 2.00 bits per heavy atom. The van der Waals surface area contributed by atoms with E-state index in [2.05, 4.69) is 15.5 Å². The van der Waals surface area contributed by atoms with Crippen molar-refractivity contribution in [3.05, 3.63) is 36.0 Å². The smallest absolute Gasteiger partial charge is 0.379 e. The zero-order valence-corrected chi connectivity index (χ0v) is 20.7. The van der Waals surface area contributed by atoms with Crippen LogP contribution in [-0.4, -0.2) is 46.5 Å². The maximum atomic E-state index is 12.8. The number of nitrogens with zero attached hydrogens (tertiary/aromatic N) is 2. The second-order valence-corrected chi connectivity index (χ2v) is 10.8. The van der Waals surface area contributed by atoms with Gasteiger partial charge in [0.1, 0.15) is 0 Å². The molecule has 5 heteroatoms. The predicted octanol–water partition coefficient (Wildman–Crippen LogP) is 6.45. The van der Waals surface area contributed by atoms with E-state index in [-0.39, 0.29) is 0 Å². The van der Waals surface area contributed by atoms with Gasteiger partial charge in [-0.2, -0.15) is 0 Å². The lowest BCUT2D eigenvalue weighted by atomic mass is 9.79. The first-order chi connectivity index (χ1) is 16.7. The highest BCUT2D eigenvalue weighted by molar-refractivity contribution is 6.43. The fraction of sp³-hybridized carbons (Fsp3) is 0.655. The van der Waals surface area contributed by atoms with Gasteiger partial charge < -0.3 is 9.30 Å². The quantitative estimate of drug-likeness (QED) is 0.296. The number of aromatic nitrogens is 1. The van der Waals surface area contributed by atoms with Gasteiger partial charge in [-0.05, 0) is 44.6 Å². The molecule has 1 saturated carbocycles. The van der Waals surface area contributed by atoms with Gasteiger partial charge in [0.2, 0.25) is 0 Å². The number of fused-ring (bicyclic) bond motifs is 3. The summed E-state index contributed by atoms with van der Waals surface area (Å²) in [6.45, 7) is 0. The van der Waals surface area contributed by atoms with Gasteiger partial charge in [0.05, 0.1) is 12.7 Å². The van der Waals surface area contributed by atoms with Crippen molar-refractivity contribution in [1.29, 1.82) is 0 Å². The minimum Gasteiger partial charge on any atom is -0.463 e. The molecular weight excluding hydrogens is 424 g/mol. The van der Waals surface area contributed by atoms with Crippen LogP contribution in [0, 0.1) is 0 Å². The van der Waals surface area contributed by atoms with E-state index in [1.165, 1.54) is 84.2 Å². The van der Waals surface area contributed by atoms with Crippen molar-refractivity contribution >= 4 is 22.7 Å². The van der Waals surface area contributed by atoms with E-state index in [0.717, 1.165) is 29.8 Å².